The van der Waals surface area contributed by atoms with Gasteiger partial charge < -0.3 is 18.9 Å². The van der Waals surface area contributed by atoms with E-state index in [1.54, 1.807) is 18.2 Å². The fourth-order valence-electron chi connectivity index (χ4n) is 4.24. The lowest BCUT2D eigenvalue weighted by atomic mass is 10.1. The van der Waals surface area contributed by atoms with Gasteiger partial charge in [0.05, 0.1) is 18.1 Å². The summed E-state index contributed by atoms with van der Waals surface area (Å²) in [4.78, 5) is 27.2. The van der Waals surface area contributed by atoms with Crippen molar-refractivity contribution in [3.63, 3.8) is 0 Å². The van der Waals surface area contributed by atoms with E-state index in [1.165, 1.54) is 4.90 Å². The summed E-state index contributed by atoms with van der Waals surface area (Å²) in [5.74, 6) is 2.29. The maximum atomic E-state index is 13.0. The summed E-state index contributed by atoms with van der Waals surface area (Å²) in [5, 5.41) is 1.74. The molecule has 0 N–H and O–H groups in total. The van der Waals surface area contributed by atoms with Gasteiger partial charge in [-0.05, 0) is 66.0 Å². The molecule has 0 aromatic heterocycles. The Morgan fingerprint density at radius 1 is 0.725 bits per heavy atom. The molecule has 4 aromatic rings. The second kappa shape index (κ2) is 13.1. The van der Waals surface area contributed by atoms with Crippen LogP contribution in [0, 0.1) is 0 Å². The van der Waals surface area contributed by atoms with Crippen LogP contribution in [0.1, 0.15) is 12.5 Å². The van der Waals surface area contributed by atoms with Crippen molar-refractivity contribution in [3.8, 4) is 23.0 Å². The molecule has 0 atom stereocenters. The molecule has 1 aliphatic heterocycles. The molecule has 8 heteroatoms. The van der Waals surface area contributed by atoms with Gasteiger partial charge in [0.15, 0.2) is 11.5 Å². The van der Waals surface area contributed by atoms with Crippen molar-refractivity contribution in [2.24, 2.45) is 0 Å². The third-order valence-corrected chi connectivity index (χ3v) is 7.02. The second-order valence-electron chi connectivity index (χ2n) is 8.81. The highest BCUT2D eigenvalue weighted by Gasteiger charge is 2.34. The second-order valence-corrected chi connectivity index (χ2v) is 9.80. The molecule has 40 heavy (non-hydrogen) atoms. The van der Waals surface area contributed by atoms with Gasteiger partial charge in [-0.25, -0.2) is 0 Å². The minimum Gasteiger partial charge on any atom is -0.491 e. The Bertz CT molecular complexity index is 1520. The Hall–Kier alpha value is -4.43. The number of hydrogen-bond donors (Lipinski definition) is 0. The number of rotatable bonds is 12. The van der Waals surface area contributed by atoms with Gasteiger partial charge in [-0.1, -0.05) is 60.7 Å². The first-order valence-electron chi connectivity index (χ1n) is 13.1. The Morgan fingerprint density at radius 2 is 1.48 bits per heavy atom. The van der Waals surface area contributed by atoms with E-state index in [4.69, 9.17) is 18.9 Å². The molecule has 0 spiro atoms. The molecular weight excluding hydrogens is 526 g/mol. The molecule has 0 bridgehead atoms. The van der Waals surface area contributed by atoms with Crippen molar-refractivity contribution >= 4 is 39.8 Å². The number of ether oxygens (including phenoxy) is 4. The Morgan fingerprint density at radius 3 is 2.33 bits per heavy atom. The van der Waals surface area contributed by atoms with Crippen molar-refractivity contribution in [1.29, 1.82) is 0 Å². The average Bonchev–Trinajstić information content (AvgIpc) is 3.24. The number of para-hydroxylation sites is 1. The summed E-state index contributed by atoms with van der Waals surface area (Å²) < 4.78 is 23.3. The molecule has 4 aromatic carbocycles. The zero-order valence-electron chi connectivity index (χ0n) is 22.1. The molecule has 1 heterocycles. The number of amides is 2. The minimum absolute atomic E-state index is 0.160. The number of carbonyl (C=O) groups is 2. The number of hydrogen-bond acceptors (Lipinski definition) is 7. The van der Waals surface area contributed by atoms with Crippen molar-refractivity contribution < 1.29 is 28.5 Å². The van der Waals surface area contributed by atoms with Gasteiger partial charge in [0.1, 0.15) is 31.3 Å². The molecular formula is C32H29NO6S. The highest BCUT2D eigenvalue weighted by molar-refractivity contribution is 8.18. The quantitative estimate of drug-likeness (QED) is 0.140. The standard InChI is InChI=1S/C32H29NO6S/c1-2-36-29-21-23(15-16-28(29)39-20-19-37-25-11-4-3-5-12-25)22-30-31(34)33(32(35)40-30)17-18-38-27-14-8-10-24-9-6-7-13-26(24)27/h3-16,21-22H,2,17-20H2,1H3/b30-22-. The first-order chi connectivity index (χ1) is 19.6. The van der Waals surface area contributed by atoms with E-state index in [9.17, 15) is 9.59 Å². The summed E-state index contributed by atoms with van der Waals surface area (Å²) in [5.41, 5.74) is 0.730. The zero-order chi connectivity index (χ0) is 27.7. The van der Waals surface area contributed by atoms with Crippen LogP contribution in [-0.4, -0.2) is 49.0 Å². The topological polar surface area (TPSA) is 74.3 Å². The summed E-state index contributed by atoms with van der Waals surface area (Å²) in [7, 11) is 0. The van der Waals surface area contributed by atoms with E-state index in [2.05, 4.69) is 0 Å². The number of imide groups is 1. The zero-order valence-corrected chi connectivity index (χ0v) is 22.9. The highest BCUT2D eigenvalue weighted by Crippen LogP contribution is 2.35. The predicted molar refractivity (Wildman–Crippen MR) is 157 cm³/mol. The van der Waals surface area contributed by atoms with Gasteiger partial charge in [0.2, 0.25) is 0 Å². The average molecular weight is 556 g/mol. The van der Waals surface area contributed by atoms with Gasteiger partial charge in [-0.15, -0.1) is 0 Å². The molecule has 1 saturated heterocycles. The van der Waals surface area contributed by atoms with Crippen molar-refractivity contribution in [3.05, 3.63) is 101 Å². The summed E-state index contributed by atoms with van der Waals surface area (Å²) >= 11 is 0.918. The summed E-state index contributed by atoms with van der Waals surface area (Å²) in [6.07, 6.45) is 1.70. The van der Waals surface area contributed by atoms with E-state index >= 15 is 0 Å². The van der Waals surface area contributed by atoms with E-state index in [0.717, 1.165) is 39.6 Å². The molecule has 7 nitrogen and oxygen atoms in total. The number of thioether (sulfide) groups is 1. The van der Waals surface area contributed by atoms with Gasteiger partial charge >= 0.3 is 0 Å². The Kier molecular flexibility index (Phi) is 8.88. The van der Waals surface area contributed by atoms with Crippen LogP contribution in [0.4, 0.5) is 4.79 Å². The molecule has 5 rings (SSSR count). The maximum absolute atomic E-state index is 13.0. The summed E-state index contributed by atoms with van der Waals surface area (Å²) in [6, 6.07) is 28.7. The lowest BCUT2D eigenvalue weighted by molar-refractivity contribution is -0.123. The molecule has 0 radical (unpaired) electrons. The first-order valence-corrected chi connectivity index (χ1v) is 13.9. The fourth-order valence-corrected chi connectivity index (χ4v) is 5.11. The molecule has 204 valence electrons. The smallest absolute Gasteiger partial charge is 0.293 e. The van der Waals surface area contributed by atoms with Crippen molar-refractivity contribution in [2.75, 3.05) is 33.0 Å². The van der Waals surface area contributed by atoms with Crippen LogP contribution >= 0.6 is 11.8 Å². The van der Waals surface area contributed by atoms with Crippen LogP contribution in [0.5, 0.6) is 23.0 Å². The number of carbonyl (C=O) groups excluding carboxylic acids is 2. The third-order valence-electron chi connectivity index (χ3n) is 6.11. The SMILES string of the molecule is CCOc1cc(/C=C2\SC(=O)N(CCOc3cccc4ccccc34)C2=O)ccc1OCCOc1ccccc1. The monoisotopic (exact) mass is 555 g/mol. The highest BCUT2D eigenvalue weighted by atomic mass is 32.2. The predicted octanol–water partition coefficient (Wildman–Crippen LogP) is 6.81. The van der Waals surface area contributed by atoms with Crippen molar-refractivity contribution in [1.82, 2.24) is 4.90 Å². The molecule has 0 unspecified atom stereocenters. The van der Waals surface area contributed by atoms with E-state index < -0.39 is 0 Å². The molecule has 1 fully saturated rings. The van der Waals surface area contributed by atoms with Gasteiger partial charge in [0, 0.05) is 5.39 Å². The van der Waals surface area contributed by atoms with Crippen LogP contribution < -0.4 is 18.9 Å². The Balaban J connectivity index is 1.19. The third kappa shape index (κ3) is 6.58. The number of benzene rings is 4. The lowest BCUT2D eigenvalue weighted by Gasteiger charge is -2.14. The fraction of sp³-hybridized carbons (Fsp3) is 0.188. The number of nitrogens with zero attached hydrogens (tertiary/aromatic N) is 1. The van der Waals surface area contributed by atoms with Crippen molar-refractivity contribution in [2.45, 2.75) is 6.92 Å². The summed E-state index contributed by atoms with van der Waals surface area (Å²) in [6.45, 7) is 3.43. The maximum Gasteiger partial charge on any atom is 0.293 e. The molecule has 0 aliphatic carbocycles. The van der Waals surface area contributed by atoms with Crippen LogP contribution in [0.15, 0.2) is 95.9 Å². The van der Waals surface area contributed by atoms with E-state index in [-0.39, 0.29) is 24.3 Å². The first kappa shape index (κ1) is 27.1. The minimum atomic E-state index is -0.340. The molecule has 1 aliphatic rings. The van der Waals surface area contributed by atoms with Crippen LogP contribution in [0.25, 0.3) is 16.8 Å². The normalized spacial score (nSPS) is 14.1. The van der Waals surface area contributed by atoms with E-state index in [0.29, 0.717) is 36.2 Å². The Labute approximate surface area is 237 Å². The molecule has 0 saturated carbocycles. The van der Waals surface area contributed by atoms with Crippen LogP contribution in [0.2, 0.25) is 0 Å². The van der Waals surface area contributed by atoms with E-state index in [1.807, 2.05) is 85.8 Å². The van der Waals surface area contributed by atoms with Gasteiger partial charge in [-0.2, -0.15) is 0 Å². The molecule has 2 amide bonds. The van der Waals surface area contributed by atoms with Gasteiger partial charge in [0.25, 0.3) is 11.1 Å². The van der Waals surface area contributed by atoms with Crippen LogP contribution in [0.3, 0.4) is 0 Å². The number of fused-ring (bicyclic) bond motifs is 1. The largest absolute Gasteiger partial charge is 0.491 e. The van der Waals surface area contributed by atoms with Crippen LogP contribution in [-0.2, 0) is 4.79 Å². The van der Waals surface area contributed by atoms with Gasteiger partial charge in [-0.3, -0.25) is 14.5 Å². The lowest BCUT2D eigenvalue weighted by Crippen LogP contribution is -2.32.